The van der Waals surface area contributed by atoms with E-state index in [1.165, 1.54) is 186 Å². The molecule has 0 aromatic carbocycles. The third kappa shape index (κ3) is 34.0. The number of ether oxygens (including phenoxy) is 1. The molecule has 0 amide bonds. The highest BCUT2D eigenvalue weighted by molar-refractivity contribution is 4.54. The van der Waals surface area contributed by atoms with E-state index in [2.05, 4.69) is 20.5 Å². The molecule has 0 aromatic rings. The minimum atomic E-state index is 0.930. The fraction of sp³-hybridized carbons (Fsp3) is 0.971. The molecular formula is C34H69O. The molecule has 1 radical (unpaired) electrons. The first kappa shape index (κ1) is 35.0. The first-order chi connectivity index (χ1) is 17.4. The molecule has 35 heavy (non-hydrogen) atoms. The van der Waals surface area contributed by atoms with Crippen LogP contribution in [0.5, 0.6) is 0 Å². The Bertz CT molecular complexity index is 307. The SMILES string of the molecule is CCCCCCCCCCCCCCCCCCCCCCCCCCC[CH]OCCCCCC. The van der Waals surface area contributed by atoms with Gasteiger partial charge in [0.05, 0.1) is 6.61 Å². The second-order valence-corrected chi connectivity index (χ2v) is 11.4. The lowest BCUT2D eigenvalue weighted by molar-refractivity contribution is 0.184. The highest BCUT2D eigenvalue weighted by atomic mass is 16.5. The van der Waals surface area contributed by atoms with E-state index >= 15 is 0 Å². The van der Waals surface area contributed by atoms with Crippen molar-refractivity contribution in [2.45, 2.75) is 206 Å². The molecule has 1 nitrogen and oxygen atoms in total. The van der Waals surface area contributed by atoms with Gasteiger partial charge in [-0.1, -0.05) is 194 Å². The van der Waals surface area contributed by atoms with Gasteiger partial charge in [-0.05, 0) is 12.8 Å². The summed E-state index contributed by atoms with van der Waals surface area (Å²) < 4.78 is 5.61. The molecule has 0 aliphatic carbocycles. The Morgan fingerprint density at radius 2 is 0.571 bits per heavy atom. The third-order valence-electron chi connectivity index (χ3n) is 7.66. The van der Waals surface area contributed by atoms with Crippen LogP contribution in [0, 0.1) is 6.61 Å². The van der Waals surface area contributed by atoms with E-state index < -0.39 is 0 Å². The molecule has 0 rings (SSSR count). The summed E-state index contributed by atoms with van der Waals surface area (Å²) in [7, 11) is 0. The molecule has 1 heteroatoms. The molecule has 0 N–H and O–H groups in total. The van der Waals surface area contributed by atoms with E-state index in [9.17, 15) is 0 Å². The van der Waals surface area contributed by atoms with Gasteiger partial charge < -0.3 is 4.74 Å². The van der Waals surface area contributed by atoms with Gasteiger partial charge in [-0.3, -0.25) is 0 Å². The van der Waals surface area contributed by atoms with Crippen molar-refractivity contribution in [2.24, 2.45) is 0 Å². The van der Waals surface area contributed by atoms with Crippen LogP contribution >= 0.6 is 0 Å². The van der Waals surface area contributed by atoms with Gasteiger partial charge in [-0.15, -0.1) is 0 Å². The maximum absolute atomic E-state index is 5.61. The highest BCUT2D eigenvalue weighted by Crippen LogP contribution is 2.16. The molecule has 0 saturated carbocycles. The number of rotatable bonds is 32. The van der Waals surface area contributed by atoms with Crippen LogP contribution < -0.4 is 0 Å². The largest absolute Gasteiger partial charge is 0.376 e. The van der Waals surface area contributed by atoms with Gasteiger partial charge in [0.1, 0.15) is 0 Å². The highest BCUT2D eigenvalue weighted by Gasteiger charge is 1.97. The molecule has 0 saturated heterocycles. The van der Waals surface area contributed by atoms with Crippen LogP contribution in [0.4, 0.5) is 0 Å². The minimum absolute atomic E-state index is 0.930. The maximum atomic E-state index is 5.61. The van der Waals surface area contributed by atoms with Gasteiger partial charge in [0, 0.05) is 6.61 Å². The maximum Gasteiger partial charge on any atom is 0.0836 e. The van der Waals surface area contributed by atoms with Crippen molar-refractivity contribution in [3.05, 3.63) is 6.61 Å². The Labute approximate surface area is 224 Å². The van der Waals surface area contributed by atoms with Gasteiger partial charge >= 0.3 is 0 Å². The summed E-state index contributed by atoms with van der Waals surface area (Å²) in [5.74, 6) is 0. The zero-order valence-electron chi connectivity index (χ0n) is 24.9. The summed E-state index contributed by atoms with van der Waals surface area (Å²) in [5, 5.41) is 0. The average Bonchev–Trinajstić information content (AvgIpc) is 2.87. The van der Waals surface area contributed by atoms with Crippen LogP contribution in [0.25, 0.3) is 0 Å². The van der Waals surface area contributed by atoms with Crippen molar-refractivity contribution in [2.75, 3.05) is 6.61 Å². The molecule has 0 unspecified atom stereocenters. The van der Waals surface area contributed by atoms with Crippen molar-refractivity contribution in [3.63, 3.8) is 0 Å². The molecule has 0 atom stereocenters. The van der Waals surface area contributed by atoms with E-state index in [1.54, 1.807) is 0 Å². The summed E-state index contributed by atoms with van der Waals surface area (Å²) in [6, 6.07) is 0. The second kappa shape index (κ2) is 34.0. The lowest BCUT2D eigenvalue weighted by Gasteiger charge is -2.05. The summed E-state index contributed by atoms with van der Waals surface area (Å²) in [5.41, 5.74) is 0. The predicted molar refractivity (Wildman–Crippen MR) is 160 cm³/mol. The zero-order chi connectivity index (χ0) is 25.3. The zero-order valence-corrected chi connectivity index (χ0v) is 24.9. The molecule has 0 aliphatic rings. The van der Waals surface area contributed by atoms with Crippen LogP contribution in [-0.2, 0) is 4.74 Å². The van der Waals surface area contributed by atoms with Gasteiger partial charge in [0.2, 0.25) is 0 Å². The van der Waals surface area contributed by atoms with Gasteiger partial charge in [0.15, 0.2) is 0 Å². The Morgan fingerprint density at radius 3 is 0.886 bits per heavy atom. The predicted octanol–water partition coefficient (Wildman–Crippen LogP) is 12.9. The molecule has 0 fully saturated rings. The number of hydrogen-bond donors (Lipinski definition) is 0. The molecule has 0 spiro atoms. The van der Waals surface area contributed by atoms with Crippen molar-refractivity contribution in [1.82, 2.24) is 0 Å². The fourth-order valence-corrected chi connectivity index (χ4v) is 5.15. The molecular weight excluding hydrogens is 424 g/mol. The van der Waals surface area contributed by atoms with Crippen molar-refractivity contribution in [3.8, 4) is 0 Å². The quantitative estimate of drug-likeness (QED) is 0.0846. The Morgan fingerprint density at radius 1 is 0.314 bits per heavy atom. The van der Waals surface area contributed by atoms with Crippen LogP contribution in [0.1, 0.15) is 206 Å². The van der Waals surface area contributed by atoms with Crippen LogP contribution in [0.3, 0.4) is 0 Å². The van der Waals surface area contributed by atoms with Gasteiger partial charge in [-0.25, -0.2) is 0 Å². The van der Waals surface area contributed by atoms with E-state index in [-0.39, 0.29) is 0 Å². The molecule has 211 valence electrons. The van der Waals surface area contributed by atoms with Crippen molar-refractivity contribution >= 4 is 0 Å². The first-order valence-corrected chi connectivity index (χ1v) is 16.8. The third-order valence-corrected chi connectivity index (χ3v) is 7.66. The van der Waals surface area contributed by atoms with E-state index in [4.69, 9.17) is 4.74 Å². The fourth-order valence-electron chi connectivity index (χ4n) is 5.15. The minimum Gasteiger partial charge on any atom is -0.376 e. The number of hydrogen-bond acceptors (Lipinski definition) is 1. The van der Waals surface area contributed by atoms with Crippen molar-refractivity contribution in [1.29, 1.82) is 0 Å². The van der Waals surface area contributed by atoms with Crippen LogP contribution in [0.15, 0.2) is 0 Å². The summed E-state index contributed by atoms with van der Waals surface area (Å²) in [6.45, 7) is 7.55. The summed E-state index contributed by atoms with van der Waals surface area (Å²) in [6.07, 6.45) is 42.8. The topological polar surface area (TPSA) is 9.23 Å². The van der Waals surface area contributed by atoms with Crippen molar-refractivity contribution < 1.29 is 4.74 Å². The smallest absolute Gasteiger partial charge is 0.0836 e. The first-order valence-electron chi connectivity index (χ1n) is 16.8. The monoisotopic (exact) mass is 494 g/mol. The lowest BCUT2D eigenvalue weighted by atomic mass is 10.0. The Kier molecular flexibility index (Phi) is 33.9. The van der Waals surface area contributed by atoms with E-state index in [0.717, 1.165) is 13.0 Å². The Balaban J connectivity index is 3.00. The van der Waals surface area contributed by atoms with E-state index in [1.807, 2.05) is 0 Å². The standard InChI is InChI=1S/C34H69O/c1-3-5-7-9-10-11-12-13-14-15-16-17-18-19-20-21-22-23-24-25-26-27-28-29-30-32-34-35-33-31-8-6-4-2/h34H,3-33H2,1-2H3. The second-order valence-electron chi connectivity index (χ2n) is 11.4. The van der Waals surface area contributed by atoms with Gasteiger partial charge in [0.25, 0.3) is 0 Å². The van der Waals surface area contributed by atoms with E-state index in [0.29, 0.717) is 0 Å². The normalized spacial score (nSPS) is 11.5. The molecule has 0 heterocycles. The van der Waals surface area contributed by atoms with Crippen LogP contribution in [0.2, 0.25) is 0 Å². The Hall–Kier alpha value is -0.0400. The lowest BCUT2D eigenvalue weighted by Crippen LogP contribution is -1.92. The molecule has 0 aromatic heterocycles. The summed E-state index contributed by atoms with van der Waals surface area (Å²) >= 11 is 0. The summed E-state index contributed by atoms with van der Waals surface area (Å²) in [4.78, 5) is 0. The molecule has 0 bridgehead atoms. The van der Waals surface area contributed by atoms with Gasteiger partial charge in [-0.2, -0.15) is 0 Å². The average molecular weight is 494 g/mol. The van der Waals surface area contributed by atoms with Crippen LogP contribution in [-0.4, -0.2) is 6.61 Å². The molecule has 0 aliphatic heterocycles. The number of unbranched alkanes of at least 4 members (excludes halogenated alkanes) is 28.